The molecule has 3 aromatic rings. The molecular formula is C23H26N4O2S2. The largest absolute Gasteiger partial charge is 0.253 e. The van der Waals surface area contributed by atoms with E-state index in [0.29, 0.717) is 35.0 Å². The van der Waals surface area contributed by atoms with Crippen LogP contribution in [0.25, 0.3) is 11.3 Å². The third-order valence-corrected chi connectivity index (χ3v) is 7.86. The number of hydrogen-bond acceptors (Lipinski definition) is 6. The summed E-state index contributed by atoms with van der Waals surface area (Å²) in [7, 11) is -3.53. The van der Waals surface area contributed by atoms with Gasteiger partial charge in [0.25, 0.3) is 0 Å². The first kappa shape index (κ1) is 21.7. The number of hydrazone groups is 1. The molecule has 8 heteroatoms. The molecule has 6 nitrogen and oxygen atoms in total. The third-order valence-electron chi connectivity index (χ3n) is 5.28. The SMILES string of the molecule is CC1CC(C)CN(S(=O)(=O)c2cccc(-c3csc(NN=Cc4ccccc4)n3)c2)C1. The summed E-state index contributed by atoms with van der Waals surface area (Å²) in [4.78, 5) is 4.87. The van der Waals surface area contributed by atoms with Crippen LogP contribution in [0.3, 0.4) is 0 Å². The van der Waals surface area contributed by atoms with Gasteiger partial charge in [0.2, 0.25) is 15.2 Å². The van der Waals surface area contributed by atoms with Crippen LogP contribution in [-0.4, -0.2) is 37.0 Å². The van der Waals surface area contributed by atoms with Gasteiger partial charge < -0.3 is 0 Å². The van der Waals surface area contributed by atoms with Gasteiger partial charge in [0.15, 0.2) is 0 Å². The average molecular weight is 455 g/mol. The van der Waals surface area contributed by atoms with E-state index in [4.69, 9.17) is 0 Å². The second kappa shape index (κ2) is 9.30. The molecule has 0 aliphatic carbocycles. The lowest BCUT2D eigenvalue weighted by molar-refractivity contribution is 0.222. The van der Waals surface area contributed by atoms with E-state index in [1.807, 2.05) is 41.8 Å². The number of rotatable bonds is 6. The minimum absolute atomic E-state index is 0.316. The fourth-order valence-corrected chi connectivity index (χ4v) is 6.32. The Kier molecular flexibility index (Phi) is 6.50. The molecular weight excluding hydrogens is 428 g/mol. The van der Waals surface area contributed by atoms with Gasteiger partial charge in [-0.05, 0) is 36.0 Å². The standard InChI is InChI=1S/C23H26N4O2S2/c1-17-11-18(2)15-27(14-17)31(28,29)21-10-6-9-20(12-21)22-16-30-23(25-22)26-24-13-19-7-4-3-5-8-19/h3-10,12-13,16-18H,11,14-15H2,1-2H3,(H,25,26). The first-order valence-electron chi connectivity index (χ1n) is 10.3. The summed E-state index contributed by atoms with van der Waals surface area (Å²) in [6.07, 6.45) is 2.79. The van der Waals surface area contributed by atoms with Gasteiger partial charge >= 0.3 is 0 Å². The van der Waals surface area contributed by atoms with Crippen molar-refractivity contribution >= 4 is 32.7 Å². The van der Waals surface area contributed by atoms with Crippen molar-refractivity contribution in [3.63, 3.8) is 0 Å². The van der Waals surface area contributed by atoms with E-state index < -0.39 is 10.0 Å². The molecule has 2 aromatic carbocycles. The molecule has 2 unspecified atom stereocenters. The van der Waals surface area contributed by atoms with Gasteiger partial charge in [-0.1, -0.05) is 56.3 Å². The fourth-order valence-electron chi connectivity index (χ4n) is 3.93. The maximum atomic E-state index is 13.2. The lowest BCUT2D eigenvalue weighted by Crippen LogP contribution is -2.42. The maximum absolute atomic E-state index is 13.2. The number of piperidine rings is 1. The summed E-state index contributed by atoms with van der Waals surface area (Å²) in [5.41, 5.74) is 5.43. The quantitative estimate of drug-likeness (QED) is 0.424. The predicted octanol–water partition coefficient (Wildman–Crippen LogP) is 4.92. The van der Waals surface area contributed by atoms with Crippen LogP contribution in [0.2, 0.25) is 0 Å². The molecule has 2 heterocycles. The average Bonchev–Trinajstić information content (AvgIpc) is 3.23. The number of benzene rings is 2. The van der Waals surface area contributed by atoms with E-state index >= 15 is 0 Å². The van der Waals surface area contributed by atoms with E-state index in [0.717, 1.165) is 23.2 Å². The second-order valence-corrected chi connectivity index (χ2v) is 10.9. The molecule has 1 aliphatic heterocycles. The van der Waals surface area contributed by atoms with Crippen LogP contribution >= 0.6 is 11.3 Å². The summed E-state index contributed by atoms with van der Waals surface area (Å²) in [6, 6.07) is 16.8. The summed E-state index contributed by atoms with van der Waals surface area (Å²) < 4.78 is 28.1. The van der Waals surface area contributed by atoms with Crippen LogP contribution < -0.4 is 5.43 Å². The zero-order valence-electron chi connectivity index (χ0n) is 17.6. The van der Waals surface area contributed by atoms with Gasteiger partial charge in [-0.15, -0.1) is 11.3 Å². The van der Waals surface area contributed by atoms with Crippen LogP contribution in [0.4, 0.5) is 5.13 Å². The monoisotopic (exact) mass is 454 g/mol. The van der Waals surface area contributed by atoms with Crippen molar-refractivity contribution in [1.82, 2.24) is 9.29 Å². The summed E-state index contributed by atoms with van der Waals surface area (Å²) in [5.74, 6) is 0.732. The first-order chi connectivity index (χ1) is 14.9. The van der Waals surface area contributed by atoms with Gasteiger partial charge in [-0.2, -0.15) is 9.41 Å². The molecule has 1 N–H and O–H groups in total. The normalized spacial score (nSPS) is 20.2. The van der Waals surface area contributed by atoms with Crippen molar-refractivity contribution in [3.05, 3.63) is 65.5 Å². The Bertz CT molecular complexity index is 1150. The van der Waals surface area contributed by atoms with Crippen LogP contribution in [0, 0.1) is 11.8 Å². The first-order valence-corrected chi connectivity index (χ1v) is 12.6. The number of nitrogens with zero attached hydrogens (tertiary/aromatic N) is 3. The minimum Gasteiger partial charge on any atom is -0.253 e. The van der Waals surface area contributed by atoms with Crippen molar-refractivity contribution in [1.29, 1.82) is 0 Å². The van der Waals surface area contributed by atoms with E-state index in [-0.39, 0.29) is 0 Å². The van der Waals surface area contributed by atoms with E-state index in [2.05, 4.69) is 29.4 Å². The number of anilines is 1. The Labute approximate surface area is 187 Å². The van der Waals surface area contributed by atoms with Crippen molar-refractivity contribution < 1.29 is 8.42 Å². The molecule has 0 saturated carbocycles. The highest BCUT2D eigenvalue weighted by atomic mass is 32.2. The maximum Gasteiger partial charge on any atom is 0.243 e. The summed E-state index contributed by atoms with van der Waals surface area (Å²) >= 11 is 1.43. The van der Waals surface area contributed by atoms with Crippen LogP contribution in [-0.2, 0) is 10.0 Å². The minimum atomic E-state index is -3.53. The molecule has 162 valence electrons. The van der Waals surface area contributed by atoms with Gasteiger partial charge in [0.05, 0.1) is 16.8 Å². The molecule has 1 aliphatic rings. The van der Waals surface area contributed by atoms with E-state index in [1.165, 1.54) is 11.3 Å². The fraction of sp³-hybridized carbons (Fsp3) is 0.304. The molecule has 0 spiro atoms. The third kappa shape index (κ3) is 5.20. The Morgan fingerprint density at radius 1 is 1.10 bits per heavy atom. The number of hydrogen-bond donors (Lipinski definition) is 1. The van der Waals surface area contributed by atoms with Crippen LogP contribution in [0.1, 0.15) is 25.8 Å². The molecule has 2 atom stereocenters. The van der Waals surface area contributed by atoms with E-state index in [1.54, 1.807) is 28.7 Å². The number of thiazole rings is 1. The van der Waals surface area contributed by atoms with Crippen molar-refractivity contribution in [2.45, 2.75) is 25.2 Å². The zero-order chi connectivity index (χ0) is 21.8. The predicted molar refractivity (Wildman–Crippen MR) is 127 cm³/mol. The Balaban J connectivity index is 1.50. The van der Waals surface area contributed by atoms with Gasteiger partial charge in [0, 0.05) is 24.0 Å². The Hall–Kier alpha value is -2.55. The molecule has 1 saturated heterocycles. The molecule has 0 amide bonds. The van der Waals surface area contributed by atoms with Crippen LogP contribution in [0.5, 0.6) is 0 Å². The Morgan fingerprint density at radius 2 is 1.84 bits per heavy atom. The van der Waals surface area contributed by atoms with Gasteiger partial charge in [-0.25, -0.2) is 13.4 Å². The van der Waals surface area contributed by atoms with Gasteiger partial charge in [-0.3, -0.25) is 5.43 Å². The van der Waals surface area contributed by atoms with Crippen molar-refractivity contribution in [3.8, 4) is 11.3 Å². The number of aromatic nitrogens is 1. The zero-order valence-corrected chi connectivity index (χ0v) is 19.2. The van der Waals surface area contributed by atoms with Crippen LogP contribution in [0.15, 0.2) is 70.0 Å². The topological polar surface area (TPSA) is 74.7 Å². The number of nitrogens with one attached hydrogen (secondary N) is 1. The molecule has 1 fully saturated rings. The van der Waals surface area contributed by atoms with Crippen molar-refractivity contribution in [2.24, 2.45) is 16.9 Å². The number of sulfonamides is 1. The molecule has 4 rings (SSSR count). The Morgan fingerprint density at radius 3 is 2.58 bits per heavy atom. The molecule has 0 radical (unpaired) electrons. The smallest absolute Gasteiger partial charge is 0.243 e. The highest BCUT2D eigenvalue weighted by Gasteiger charge is 2.31. The summed E-state index contributed by atoms with van der Waals surface area (Å²) in [6.45, 7) is 5.36. The highest BCUT2D eigenvalue weighted by molar-refractivity contribution is 7.89. The van der Waals surface area contributed by atoms with Crippen molar-refractivity contribution in [2.75, 3.05) is 18.5 Å². The van der Waals surface area contributed by atoms with Gasteiger partial charge in [0.1, 0.15) is 0 Å². The lowest BCUT2D eigenvalue weighted by Gasteiger charge is -2.34. The highest BCUT2D eigenvalue weighted by Crippen LogP contribution is 2.30. The second-order valence-electron chi connectivity index (χ2n) is 8.11. The molecule has 31 heavy (non-hydrogen) atoms. The summed E-state index contributed by atoms with van der Waals surface area (Å²) in [5, 5.41) is 6.77. The lowest BCUT2D eigenvalue weighted by atomic mass is 9.94. The molecule has 1 aromatic heterocycles. The van der Waals surface area contributed by atoms with E-state index in [9.17, 15) is 8.42 Å². The molecule has 0 bridgehead atoms.